The van der Waals surface area contributed by atoms with E-state index in [0.29, 0.717) is 17.1 Å². The van der Waals surface area contributed by atoms with E-state index < -0.39 is 5.97 Å². The molecular formula is C21H16N2O3. The van der Waals surface area contributed by atoms with Crippen molar-refractivity contribution in [3.63, 3.8) is 0 Å². The van der Waals surface area contributed by atoms with Crippen LogP contribution in [-0.4, -0.2) is 16.9 Å². The Kier molecular flexibility index (Phi) is 3.89. The van der Waals surface area contributed by atoms with Crippen LogP contribution in [0.2, 0.25) is 0 Å². The van der Waals surface area contributed by atoms with Crippen LogP contribution in [0.5, 0.6) is 5.75 Å². The fraction of sp³-hybridized carbons (Fsp3) is 0.0476. The highest BCUT2D eigenvalue weighted by molar-refractivity contribution is 6.09. The van der Waals surface area contributed by atoms with Gasteiger partial charge in [-0.05, 0) is 47.2 Å². The molecule has 26 heavy (non-hydrogen) atoms. The third-order valence-electron chi connectivity index (χ3n) is 4.13. The van der Waals surface area contributed by atoms with E-state index in [-0.39, 0.29) is 5.91 Å². The van der Waals surface area contributed by atoms with E-state index in [4.69, 9.17) is 4.74 Å². The topological polar surface area (TPSA) is 71.2 Å². The number of ether oxygens (including phenoxy) is 1. The standard InChI is InChI=1S/C21H16N2O3/c1-13(24)22-15-7-9-16(10-8-15)26-21(25)20-12-18-17-5-3-2-4-14(17)6-11-19(18)23-20/h2-12,23H,1H3,(H,22,24). The van der Waals surface area contributed by atoms with Crippen LogP contribution in [0.15, 0.2) is 66.7 Å². The molecular weight excluding hydrogens is 328 g/mol. The second-order valence-electron chi connectivity index (χ2n) is 6.03. The molecule has 3 aromatic carbocycles. The minimum atomic E-state index is -0.461. The van der Waals surface area contributed by atoms with Crippen molar-refractivity contribution in [1.82, 2.24) is 4.98 Å². The molecule has 0 saturated carbocycles. The van der Waals surface area contributed by atoms with Gasteiger partial charge in [0.05, 0.1) is 0 Å². The number of fused-ring (bicyclic) bond motifs is 3. The Morgan fingerprint density at radius 2 is 1.69 bits per heavy atom. The van der Waals surface area contributed by atoms with Gasteiger partial charge in [-0.25, -0.2) is 4.79 Å². The third kappa shape index (κ3) is 3.02. The van der Waals surface area contributed by atoms with E-state index in [1.807, 2.05) is 42.5 Å². The third-order valence-corrected chi connectivity index (χ3v) is 4.13. The number of esters is 1. The van der Waals surface area contributed by atoms with Gasteiger partial charge in [0.1, 0.15) is 11.4 Å². The van der Waals surface area contributed by atoms with E-state index in [1.54, 1.807) is 24.3 Å². The van der Waals surface area contributed by atoms with Gasteiger partial charge in [-0.2, -0.15) is 0 Å². The Labute approximate surface area is 149 Å². The monoisotopic (exact) mass is 344 g/mol. The number of carbonyl (C=O) groups excluding carboxylic acids is 2. The van der Waals surface area contributed by atoms with E-state index in [2.05, 4.69) is 10.3 Å². The number of nitrogens with one attached hydrogen (secondary N) is 2. The van der Waals surface area contributed by atoms with Crippen LogP contribution in [0.25, 0.3) is 21.7 Å². The van der Waals surface area contributed by atoms with Gasteiger partial charge >= 0.3 is 5.97 Å². The van der Waals surface area contributed by atoms with E-state index in [1.165, 1.54) is 6.92 Å². The Bertz CT molecular complexity index is 1130. The molecule has 1 amide bonds. The lowest BCUT2D eigenvalue weighted by molar-refractivity contribution is -0.114. The molecule has 4 aromatic rings. The fourth-order valence-corrected chi connectivity index (χ4v) is 2.97. The molecule has 0 radical (unpaired) electrons. The summed E-state index contributed by atoms with van der Waals surface area (Å²) in [6.07, 6.45) is 0. The van der Waals surface area contributed by atoms with Crippen LogP contribution in [0, 0.1) is 0 Å². The molecule has 5 heteroatoms. The van der Waals surface area contributed by atoms with Crippen molar-refractivity contribution in [2.75, 3.05) is 5.32 Å². The van der Waals surface area contributed by atoms with Gasteiger partial charge in [-0.1, -0.05) is 30.3 Å². The maximum absolute atomic E-state index is 12.5. The average molecular weight is 344 g/mol. The molecule has 1 aromatic heterocycles. The van der Waals surface area contributed by atoms with Gasteiger partial charge in [-0.15, -0.1) is 0 Å². The number of benzene rings is 3. The van der Waals surface area contributed by atoms with Crippen LogP contribution < -0.4 is 10.1 Å². The van der Waals surface area contributed by atoms with Gasteiger partial charge in [0.2, 0.25) is 5.91 Å². The van der Waals surface area contributed by atoms with Gasteiger partial charge in [0.25, 0.3) is 0 Å². The van der Waals surface area contributed by atoms with Gasteiger partial charge in [-0.3, -0.25) is 4.79 Å². The number of hydrogen-bond acceptors (Lipinski definition) is 3. The summed E-state index contributed by atoms with van der Waals surface area (Å²) in [5.41, 5.74) is 1.92. The van der Waals surface area contributed by atoms with Crippen molar-refractivity contribution in [3.8, 4) is 5.75 Å². The highest BCUT2D eigenvalue weighted by Crippen LogP contribution is 2.26. The summed E-state index contributed by atoms with van der Waals surface area (Å²) in [6, 6.07) is 20.5. The molecule has 5 nitrogen and oxygen atoms in total. The van der Waals surface area contributed by atoms with Gasteiger partial charge in [0, 0.05) is 23.5 Å². The van der Waals surface area contributed by atoms with Crippen LogP contribution in [0.3, 0.4) is 0 Å². The molecule has 4 rings (SSSR count). The number of anilines is 1. The lowest BCUT2D eigenvalue weighted by atomic mass is 10.1. The summed E-state index contributed by atoms with van der Waals surface area (Å²) in [5, 5.41) is 5.85. The van der Waals surface area contributed by atoms with E-state index in [0.717, 1.165) is 21.7 Å². The Morgan fingerprint density at radius 3 is 2.46 bits per heavy atom. The zero-order valence-electron chi connectivity index (χ0n) is 14.1. The summed E-state index contributed by atoms with van der Waals surface area (Å²) >= 11 is 0. The Hall–Kier alpha value is -3.60. The predicted octanol–water partition coefficient (Wildman–Crippen LogP) is 4.50. The first kappa shape index (κ1) is 15.9. The Morgan fingerprint density at radius 1 is 0.923 bits per heavy atom. The molecule has 0 aliphatic heterocycles. The van der Waals surface area contributed by atoms with Crippen molar-refractivity contribution in [2.45, 2.75) is 6.92 Å². The number of aromatic nitrogens is 1. The van der Waals surface area contributed by atoms with Crippen LogP contribution in [-0.2, 0) is 4.79 Å². The zero-order valence-corrected chi connectivity index (χ0v) is 14.1. The minimum Gasteiger partial charge on any atom is -0.422 e. The van der Waals surface area contributed by atoms with Crippen molar-refractivity contribution < 1.29 is 14.3 Å². The van der Waals surface area contributed by atoms with Crippen molar-refractivity contribution >= 4 is 39.2 Å². The minimum absolute atomic E-state index is 0.153. The highest BCUT2D eigenvalue weighted by atomic mass is 16.5. The van der Waals surface area contributed by atoms with Gasteiger partial charge in [0.15, 0.2) is 0 Å². The molecule has 2 N–H and O–H groups in total. The molecule has 0 atom stereocenters. The number of amides is 1. The number of aromatic amines is 1. The lowest BCUT2D eigenvalue weighted by Gasteiger charge is -2.05. The first-order valence-electron chi connectivity index (χ1n) is 8.20. The smallest absolute Gasteiger partial charge is 0.360 e. The number of hydrogen-bond donors (Lipinski definition) is 2. The zero-order chi connectivity index (χ0) is 18.1. The first-order chi connectivity index (χ1) is 12.6. The molecule has 128 valence electrons. The molecule has 0 fully saturated rings. The molecule has 0 bridgehead atoms. The Balaban J connectivity index is 1.60. The van der Waals surface area contributed by atoms with Crippen molar-refractivity contribution in [2.24, 2.45) is 0 Å². The molecule has 0 aliphatic carbocycles. The molecule has 0 saturated heterocycles. The maximum atomic E-state index is 12.5. The van der Waals surface area contributed by atoms with Crippen molar-refractivity contribution in [1.29, 1.82) is 0 Å². The van der Waals surface area contributed by atoms with Gasteiger partial charge < -0.3 is 15.0 Å². The average Bonchev–Trinajstić information content (AvgIpc) is 3.08. The van der Waals surface area contributed by atoms with E-state index in [9.17, 15) is 9.59 Å². The van der Waals surface area contributed by atoms with Crippen LogP contribution >= 0.6 is 0 Å². The second-order valence-corrected chi connectivity index (χ2v) is 6.03. The van der Waals surface area contributed by atoms with Crippen LogP contribution in [0.4, 0.5) is 5.69 Å². The maximum Gasteiger partial charge on any atom is 0.360 e. The summed E-state index contributed by atoms with van der Waals surface area (Å²) in [6.45, 7) is 1.44. The summed E-state index contributed by atoms with van der Waals surface area (Å²) < 4.78 is 5.42. The number of rotatable bonds is 3. The summed E-state index contributed by atoms with van der Waals surface area (Å²) in [7, 11) is 0. The summed E-state index contributed by atoms with van der Waals surface area (Å²) in [5.74, 6) is -0.203. The molecule has 0 aliphatic rings. The second kappa shape index (κ2) is 6.37. The van der Waals surface area contributed by atoms with E-state index >= 15 is 0 Å². The largest absolute Gasteiger partial charge is 0.422 e. The quantitative estimate of drug-likeness (QED) is 0.425. The lowest BCUT2D eigenvalue weighted by Crippen LogP contribution is -2.09. The molecule has 0 spiro atoms. The normalized spacial score (nSPS) is 10.8. The molecule has 0 unspecified atom stereocenters. The first-order valence-corrected chi connectivity index (χ1v) is 8.20. The SMILES string of the molecule is CC(=O)Nc1ccc(OC(=O)c2cc3c(ccc4ccccc43)[nH]2)cc1. The number of H-pyrrole nitrogens is 1. The highest BCUT2D eigenvalue weighted by Gasteiger charge is 2.13. The summed E-state index contributed by atoms with van der Waals surface area (Å²) in [4.78, 5) is 26.6. The number of carbonyl (C=O) groups is 2. The fourth-order valence-electron chi connectivity index (χ4n) is 2.97. The van der Waals surface area contributed by atoms with Crippen LogP contribution in [0.1, 0.15) is 17.4 Å². The van der Waals surface area contributed by atoms with Crippen molar-refractivity contribution in [3.05, 3.63) is 72.4 Å². The molecule has 1 heterocycles. The predicted molar refractivity (Wildman–Crippen MR) is 102 cm³/mol.